The van der Waals surface area contributed by atoms with Gasteiger partial charge in [0.25, 0.3) is 0 Å². The number of fused-ring (bicyclic) bond motifs is 1. The maximum atomic E-state index is 5.44. The van der Waals surface area contributed by atoms with E-state index in [-0.39, 0.29) is 5.54 Å². The molecule has 0 amide bonds. The molecule has 0 radical (unpaired) electrons. The van der Waals surface area contributed by atoms with Crippen molar-refractivity contribution in [1.82, 2.24) is 10.3 Å². The van der Waals surface area contributed by atoms with Crippen molar-refractivity contribution in [3.8, 4) is 0 Å². The summed E-state index contributed by atoms with van der Waals surface area (Å²) in [5.41, 5.74) is 2.39. The molecule has 3 rings (SSSR count). The summed E-state index contributed by atoms with van der Waals surface area (Å²) in [7, 11) is 0. The second-order valence-corrected chi connectivity index (χ2v) is 5.25. The summed E-state index contributed by atoms with van der Waals surface area (Å²) in [4.78, 5) is 4.48. The molecule has 1 aromatic heterocycles. The summed E-state index contributed by atoms with van der Waals surface area (Å²) in [6.07, 6.45) is 3.03. The number of benzene rings is 1. The Hall–Kier alpha value is -1.45. The van der Waals surface area contributed by atoms with Gasteiger partial charge < -0.3 is 10.1 Å². The number of hydrogen-bond donors (Lipinski definition) is 1. The fraction of sp³-hybridized carbons (Fsp3) is 0.400. The Morgan fingerprint density at radius 3 is 3.11 bits per heavy atom. The van der Waals surface area contributed by atoms with E-state index in [4.69, 9.17) is 4.74 Å². The van der Waals surface area contributed by atoms with Crippen LogP contribution in [0.5, 0.6) is 0 Å². The monoisotopic (exact) mass is 242 g/mol. The second-order valence-electron chi connectivity index (χ2n) is 5.25. The van der Waals surface area contributed by atoms with Crippen LogP contribution >= 0.6 is 0 Å². The summed E-state index contributed by atoms with van der Waals surface area (Å²) in [6.45, 7) is 4.72. The molecular formula is C15H18N2O. The van der Waals surface area contributed by atoms with Crippen molar-refractivity contribution in [3.63, 3.8) is 0 Å². The molecule has 1 fully saturated rings. The topological polar surface area (TPSA) is 34.2 Å². The van der Waals surface area contributed by atoms with Crippen molar-refractivity contribution in [2.45, 2.75) is 25.4 Å². The van der Waals surface area contributed by atoms with Crippen LogP contribution in [0.1, 0.15) is 18.9 Å². The third-order valence-electron chi connectivity index (χ3n) is 3.59. The first-order chi connectivity index (χ1) is 8.75. The summed E-state index contributed by atoms with van der Waals surface area (Å²) in [5, 5.41) is 4.77. The van der Waals surface area contributed by atoms with E-state index >= 15 is 0 Å². The highest BCUT2D eigenvalue weighted by molar-refractivity contribution is 5.78. The summed E-state index contributed by atoms with van der Waals surface area (Å²) in [5.74, 6) is 0. The zero-order valence-corrected chi connectivity index (χ0v) is 10.6. The molecular weight excluding hydrogens is 224 g/mol. The fourth-order valence-electron chi connectivity index (χ4n) is 2.34. The lowest BCUT2D eigenvalue weighted by molar-refractivity contribution is 0.171. The van der Waals surface area contributed by atoms with Crippen molar-refractivity contribution < 1.29 is 4.74 Å². The van der Waals surface area contributed by atoms with Crippen LogP contribution in [-0.2, 0) is 11.3 Å². The van der Waals surface area contributed by atoms with E-state index < -0.39 is 0 Å². The summed E-state index contributed by atoms with van der Waals surface area (Å²) in [6, 6.07) is 10.4. The lowest BCUT2D eigenvalue weighted by atomic mass is 10.0. The van der Waals surface area contributed by atoms with E-state index in [1.165, 1.54) is 10.9 Å². The quantitative estimate of drug-likeness (QED) is 0.898. The third-order valence-corrected chi connectivity index (χ3v) is 3.59. The van der Waals surface area contributed by atoms with E-state index in [1.54, 1.807) is 0 Å². The SMILES string of the molecule is CC1(NCc2cnc3ccccc3c2)CCOC1. The summed E-state index contributed by atoms with van der Waals surface area (Å²) >= 11 is 0. The number of rotatable bonds is 3. The van der Waals surface area contributed by atoms with Gasteiger partial charge in [0.1, 0.15) is 0 Å². The zero-order chi connectivity index (χ0) is 12.4. The molecule has 1 atom stereocenters. The Morgan fingerprint density at radius 2 is 2.28 bits per heavy atom. The molecule has 1 aliphatic heterocycles. The standard InChI is InChI=1S/C15H18N2O/c1-15(6-7-18-11-15)17-10-12-8-13-4-2-3-5-14(13)16-9-12/h2-5,8-9,17H,6-7,10-11H2,1H3. The molecule has 1 aromatic carbocycles. The Labute approximate surface area is 107 Å². The van der Waals surface area contributed by atoms with Crippen LogP contribution in [0.15, 0.2) is 36.5 Å². The average molecular weight is 242 g/mol. The fourth-order valence-corrected chi connectivity index (χ4v) is 2.34. The van der Waals surface area contributed by atoms with Gasteiger partial charge in [-0.25, -0.2) is 0 Å². The number of nitrogens with one attached hydrogen (secondary N) is 1. The number of nitrogens with zero attached hydrogens (tertiary/aromatic N) is 1. The van der Waals surface area contributed by atoms with Crippen LogP contribution < -0.4 is 5.32 Å². The van der Waals surface area contributed by atoms with Crippen molar-refractivity contribution >= 4 is 10.9 Å². The van der Waals surface area contributed by atoms with Gasteiger partial charge in [-0.05, 0) is 31.0 Å². The molecule has 1 saturated heterocycles. The normalized spacial score (nSPS) is 23.6. The molecule has 3 nitrogen and oxygen atoms in total. The number of pyridine rings is 1. The molecule has 1 aliphatic rings. The molecule has 3 heteroatoms. The van der Waals surface area contributed by atoms with E-state index in [2.05, 4.69) is 29.4 Å². The third kappa shape index (κ3) is 2.37. The van der Waals surface area contributed by atoms with Crippen molar-refractivity contribution in [2.75, 3.05) is 13.2 Å². The van der Waals surface area contributed by atoms with Crippen LogP contribution in [0, 0.1) is 0 Å². The highest BCUT2D eigenvalue weighted by Gasteiger charge is 2.28. The minimum atomic E-state index is 0.117. The number of ether oxygens (including phenoxy) is 1. The zero-order valence-electron chi connectivity index (χ0n) is 10.6. The van der Waals surface area contributed by atoms with Crippen LogP contribution in [0.4, 0.5) is 0 Å². The van der Waals surface area contributed by atoms with Gasteiger partial charge in [0.15, 0.2) is 0 Å². The second kappa shape index (κ2) is 4.67. The van der Waals surface area contributed by atoms with Gasteiger partial charge in [0.05, 0.1) is 12.1 Å². The van der Waals surface area contributed by atoms with Crippen LogP contribution in [0.2, 0.25) is 0 Å². The predicted molar refractivity (Wildman–Crippen MR) is 72.4 cm³/mol. The smallest absolute Gasteiger partial charge is 0.0702 e. The first kappa shape index (κ1) is 11.6. The van der Waals surface area contributed by atoms with Crippen molar-refractivity contribution in [1.29, 1.82) is 0 Å². The van der Waals surface area contributed by atoms with E-state index in [9.17, 15) is 0 Å². The van der Waals surface area contributed by atoms with E-state index in [0.717, 1.165) is 31.7 Å². The highest BCUT2D eigenvalue weighted by Crippen LogP contribution is 2.19. The Bertz CT molecular complexity index is 547. The molecule has 2 aromatic rings. The van der Waals surface area contributed by atoms with Gasteiger partial charge in [-0.1, -0.05) is 18.2 Å². The maximum Gasteiger partial charge on any atom is 0.0702 e. The Morgan fingerprint density at radius 1 is 1.39 bits per heavy atom. The van der Waals surface area contributed by atoms with E-state index in [0.29, 0.717) is 0 Å². The van der Waals surface area contributed by atoms with Gasteiger partial charge in [-0.2, -0.15) is 0 Å². The predicted octanol–water partition coefficient (Wildman–Crippen LogP) is 2.50. The molecule has 0 aliphatic carbocycles. The molecule has 1 N–H and O–H groups in total. The molecule has 0 spiro atoms. The summed E-state index contributed by atoms with van der Waals surface area (Å²) < 4.78 is 5.44. The van der Waals surface area contributed by atoms with Gasteiger partial charge in [0, 0.05) is 30.3 Å². The van der Waals surface area contributed by atoms with Crippen molar-refractivity contribution in [3.05, 3.63) is 42.1 Å². The maximum absolute atomic E-state index is 5.44. The largest absolute Gasteiger partial charge is 0.379 e. The van der Waals surface area contributed by atoms with Crippen LogP contribution in [0.25, 0.3) is 10.9 Å². The number of para-hydroxylation sites is 1. The molecule has 0 saturated carbocycles. The average Bonchev–Trinajstić information content (AvgIpc) is 2.84. The Kier molecular flexibility index (Phi) is 3.02. The van der Waals surface area contributed by atoms with E-state index in [1.807, 2.05) is 24.4 Å². The Balaban J connectivity index is 1.74. The molecule has 18 heavy (non-hydrogen) atoms. The first-order valence-corrected chi connectivity index (χ1v) is 6.42. The lowest BCUT2D eigenvalue weighted by Crippen LogP contribution is -2.42. The van der Waals surface area contributed by atoms with Gasteiger partial charge in [-0.15, -0.1) is 0 Å². The molecule has 94 valence electrons. The van der Waals surface area contributed by atoms with Gasteiger partial charge >= 0.3 is 0 Å². The van der Waals surface area contributed by atoms with Gasteiger partial charge in [-0.3, -0.25) is 4.98 Å². The minimum Gasteiger partial charge on any atom is -0.379 e. The molecule has 2 heterocycles. The first-order valence-electron chi connectivity index (χ1n) is 6.42. The van der Waals surface area contributed by atoms with Crippen molar-refractivity contribution in [2.24, 2.45) is 0 Å². The van der Waals surface area contributed by atoms with Crippen LogP contribution in [0.3, 0.4) is 0 Å². The molecule has 0 bridgehead atoms. The number of aromatic nitrogens is 1. The van der Waals surface area contributed by atoms with Crippen LogP contribution in [-0.4, -0.2) is 23.7 Å². The number of hydrogen-bond acceptors (Lipinski definition) is 3. The highest BCUT2D eigenvalue weighted by atomic mass is 16.5. The van der Waals surface area contributed by atoms with Gasteiger partial charge in [0.2, 0.25) is 0 Å². The molecule has 1 unspecified atom stereocenters. The minimum absolute atomic E-state index is 0.117. The lowest BCUT2D eigenvalue weighted by Gasteiger charge is -2.23.